The summed E-state index contributed by atoms with van der Waals surface area (Å²) in [7, 11) is 0. The van der Waals surface area contributed by atoms with E-state index in [1.807, 2.05) is 6.08 Å². The Morgan fingerprint density at radius 3 is 1.86 bits per heavy atom. The average Bonchev–Trinajstić information content (AvgIpc) is 2.82. The highest BCUT2D eigenvalue weighted by Gasteiger charge is 2.31. The summed E-state index contributed by atoms with van der Waals surface area (Å²) >= 11 is 0. The Kier molecular flexibility index (Phi) is 10.8. The number of ether oxygens (including phenoxy) is 1. The molecule has 0 aliphatic rings. The van der Waals surface area contributed by atoms with E-state index in [1.165, 1.54) is 34.2 Å². The van der Waals surface area contributed by atoms with Crippen molar-refractivity contribution >= 4 is 5.57 Å². The van der Waals surface area contributed by atoms with Crippen LogP contribution in [0.15, 0.2) is 79.1 Å². The maximum absolute atomic E-state index is 6.13. The van der Waals surface area contributed by atoms with Gasteiger partial charge < -0.3 is 4.74 Å². The summed E-state index contributed by atoms with van der Waals surface area (Å²) in [5, 5.41) is 0. The number of hydrogen-bond acceptors (Lipinski definition) is 1. The number of aryl methyl sites for hydroxylation is 1. The highest BCUT2D eigenvalue weighted by atomic mass is 16.5. The van der Waals surface area contributed by atoms with Crippen molar-refractivity contribution in [2.45, 2.75) is 105 Å². The molecule has 0 amide bonds. The molecule has 0 aliphatic heterocycles. The van der Waals surface area contributed by atoms with Crippen LogP contribution in [0.1, 0.15) is 103 Å². The first-order chi connectivity index (χ1) is 16.9. The Morgan fingerprint density at radius 2 is 1.39 bits per heavy atom. The van der Waals surface area contributed by atoms with Crippen molar-refractivity contribution in [3.63, 3.8) is 0 Å². The molecule has 0 spiro atoms. The highest BCUT2D eigenvalue weighted by molar-refractivity contribution is 5.74. The minimum atomic E-state index is 0.0616. The van der Waals surface area contributed by atoms with Gasteiger partial charge in [0.2, 0.25) is 0 Å². The second-order valence-corrected chi connectivity index (χ2v) is 12.1. The van der Waals surface area contributed by atoms with E-state index in [0.717, 1.165) is 25.0 Å². The molecule has 0 aliphatic carbocycles. The molecule has 0 heterocycles. The molecule has 2 aromatic carbocycles. The van der Waals surface area contributed by atoms with Crippen LogP contribution in [-0.2, 0) is 15.6 Å². The van der Waals surface area contributed by atoms with Gasteiger partial charge in [0.15, 0.2) is 0 Å². The molecule has 2 aromatic rings. The predicted molar refractivity (Wildman–Crippen MR) is 159 cm³/mol. The van der Waals surface area contributed by atoms with Crippen LogP contribution in [0.4, 0.5) is 0 Å². The van der Waals surface area contributed by atoms with Gasteiger partial charge in [-0.05, 0) is 84.6 Å². The first-order valence-electron chi connectivity index (χ1n) is 13.8. The fraction of sp³-hybridized carbons (Fsp3) is 0.486. The molecule has 0 saturated carbocycles. The normalized spacial score (nSPS) is 13.9. The van der Waals surface area contributed by atoms with Gasteiger partial charge >= 0.3 is 0 Å². The lowest BCUT2D eigenvalue weighted by molar-refractivity contribution is 0.109. The molecular weight excluding hydrogens is 436 g/mol. The molecule has 0 aromatic heterocycles. The van der Waals surface area contributed by atoms with Gasteiger partial charge in [0.1, 0.15) is 5.76 Å². The van der Waals surface area contributed by atoms with Crippen molar-refractivity contribution in [1.82, 2.24) is 0 Å². The first kappa shape index (κ1) is 29.7. The van der Waals surface area contributed by atoms with Crippen molar-refractivity contribution in [2.24, 2.45) is 5.92 Å². The summed E-state index contributed by atoms with van der Waals surface area (Å²) < 4.78 is 6.13. The van der Waals surface area contributed by atoms with Crippen molar-refractivity contribution in [1.29, 1.82) is 0 Å². The number of hydrogen-bond donors (Lipinski definition) is 0. The number of benzene rings is 2. The summed E-state index contributed by atoms with van der Waals surface area (Å²) in [5.74, 6) is 1.43. The van der Waals surface area contributed by atoms with E-state index in [1.54, 1.807) is 0 Å². The lowest BCUT2D eigenvalue weighted by Crippen LogP contribution is -2.29. The molecule has 0 saturated heterocycles. The number of allylic oxidation sites excluding steroid dienone is 4. The molecule has 0 bridgehead atoms. The minimum absolute atomic E-state index is 0.0616. The molecule has 2 rings (SSSR count). The maximum Gasteiger partial charge on any atom is 0.112 e. The third-order valence-electron chi connectivity index (χ3n) is 7.32. The van der Waals surface area contributed by atoms with Crippen LogP contribution in [0.2, 0.25) is 0 Å². The molecule has 1 atom stereocenters. The monoisotopic (exact) mass is 486 g/mol. The van der Waals surface area contributed by atoms with Crippen LogP contribution >= 0.6 is 0 Å². The molecule has 0 radical (unpaired) electrons. The van der Waals surface area contributed by atoms with Crippen molar-refractivity contribution < 1.29 is 4.74 Å². The third kappa shape index (κ3) is 8.84. The lowest BCUT2D eigenvalue weighted by atomic mass is 9.68. The topological polar surface area (TPSA) is 9.23 Å². The minimum Gasteiger partial charge on any atom is -0.491 e. The van der Waals surface area contributed by atoms with E-state index >= 15 is 0 Å². The van der Waals surface area contributed by atoms with Crippen molar-refractivity contribution in [2.75, 3.05) is 0 Å². The van der Waals surface area contributed by atoms with Gasteiger partial charge in [-0.2, -0.15) is 0 Å². The summed E-state index contributed by atoms with van der Waals surface area (Å²) in [5.41, 5.74) is 6.63. The van der Waals surface area contributed by atoms with Crippen LogP contribution in [0.25, 0.3) is 5.57 Å². The maximum atomic E-state index is 6.13. The Morgan fingerprint density at radius 1 is 0.861 bits per heavy atom. The predicted octanol–water partition coefficient (Wildman–Crippen LogP) is 10.3. The van der Waals surface area contributed by atoms with Gasteiger partial charge in [0, 0.05) is 0 Å². The van der Waals surface area contributed by atoms with Crippen LogP contribution in [0.5, 0.6) is 0 Å². The van der Waals surface area contributed by atoms with Gasteiger partial charge in [0.25, 0.3) is 0 Å². The summed E-state index contributed by atoms with van der Waals surface area (Å²) in [6, 6.07) is 18.1. The van der Waals surface area contributed by atoms with Gasteiger partial charge in [-0.3, -0.25) is 0 Å². The molecule has 36 heavy (non-hydrogen) atoms. The summed E-state index contributed by atoms with van der Waals surface area (Å²) in [4.78, 5) is 0. The van der Waals surface area contributed by atoms with E-state index in [2.05, 4.69) is 130 Å². The Balaban J connectivity index is 2.08. The van der Waals surface area contributed by atoms with E-state index in [-0.39, 0.29) is 16.9 Å². The Labute approximate surface area is 222 Å². The van der Waals surface area contributed by atoms with Crippen molar-refractivity contribution in [3.05, 3.63) is 101 Å². The molecule has 196 valence electrons. The summed E-state index contributed by atoms with van der Waals surface area (Å²) in [6.07, 6.45) is 10.9. The van der Waals surface area contributed by atoms with E-state index < -0.39 is 0 Å². The standard InChI is InChI=1S/C35H50O/c1-11-29(17-16-28(6)36-33(12-2)24-13-26(3)4)30-18-22-32(23-19-30)35(9,10)25-34(7,8)31-20-14-27(5)15-21-31/h11,14-23,26,33H,6,12-13,24-25H2,1-5,7-10H3/b17-16-,29-11+. The number of rotatable bonds is 13. The third-order valence-corrected chi connectivity index (χ3v) is 7.32. The summed E-state index contributed by atoms with van der Waals surface area (Å²) in [6.45, 7) is 24.5. The molecular formula is C35H50O. The SMILES string of the molecule is C=C(/C=C\C(=C/C)c1ccc(C(C)(C)CC(C)(C)c2ccc(C)cc2)cc1)OC(CC)CCC(C)C. The molecule has 1 nitrogen and oxygen atoms in total. The van der Waals surface area contributed by atoms with Gasteiger partial charge in [-0.15, -0.1) is 0 Å². The van der Waals surface area contributed by atoms with Crippen LogP contribution in [-0.4, -0.2) is 6.10 Å². The average molecular weight is 487 g/mol. The zero-order valence-corrected chi connectivity index (χ0v) is 24.4. The fourth-order valence-corrected chi connectivity index (χ4v) is 5.09. The van der Waals surface area contributed by atoms with Crippen LogP contribution < -0.4 is 0 Å². The quantitative estimate of drug-likeness (QED) is 0.202. The molecule has 0 N–H and O–H groups in total. The lowest BCUT2D eigenvalue weighted by Gasteiger charge is -2.36. The second-order valence-electron chi connectivity index (χ2n) is 12.1. The van der Waals surface area contributed by atoms with Crippen molar-refractivity contribution in [3.8, 4) is 0 Å². The zero-order chi connectivity index (χ0) is 26.9. The molecule has 1 heteroatoms. The zero-order valence-electron chi connectivity index (χ0n) is 24.4. The van der Waals surface area contributed by atoms with E-state index in [4.69, 9.17) is 4.74 Å². The first-order valence-corrected chi connectivity index (χ1v) is 13.8. The van der Waals surface area contributed by atoms with Gasteiger partial charge in [0.05, 0.1) is 6.10 Å². The molecule has 0 fully saturated rings. The smallest absolute Gasteiger partial charge is 0.112 e. The fourth-order valence-electron chi connectivity index (χ4n) is 5.09. The van der Waals surface area contributed by atoms with Crippen LogP contribution in [0, 0.1) is 12.8 Å². The second kappa shape index (κ2) is 13.1. The molecule has 1 unspecified atom stereocenters. The van der Waals surface area contributed by atoms with E-state index in [0.29, 0.717) is 5.92 Å². The highest BCUT2D eigenvalue weighted by Crippen LogP contribution is 2.39. The van der Waals surface area contributed by atoms with Gasteiger partial charge in [-0.25, -0.2) is 0 Å². The Bertz CT molecular complexity index is 1010. The van der Waals surface area contributed by atoms with Crippen LogP contribution in [0.3, 0.4) is 0 Å². The largest absolute Gasteiger partial charge is 0.491 e. The van der Waals surface area contributed by atoms with Gasteiger partial charge in [-0.1, -0.05) is 121 Å². The Hall–Kier alpha value is -2.54. The van der Waals surface area contributed by atoms with E-state index in [9.17, 15) is 0 Å².